The number of amides is 1. The summed E-state index contributed by atoms with van der Waals surface area (Å²) in [5, 5.41) is 18.6. The summed E-state index contributed by atoms with van der Waals surface area (Å²) in [5.74, 6) is 0.614. The molecule has 0 atom stereocenters. The number of hydrogen-bond donors (Lipinski definition) is 2. The highest BCUT2D eigenvalue weighted by molar-refractivity contribution is 6.07. The molecule has 0 saturated carbocycles. The Hall–Kier alpha value is -4.11. The number of rotatable bonds is 10. The Morgan fingerprint density at radius 1 is 1.13 bits per heavy atom. The van der Waals surface area contributed by atoms with Crippen LogP contribution in [-0.2, 0) is 13.1 Å². The minimum Gasteiger partial charge on any atom is -0.508 e. The fourth-order valence-corrected chi connectivity index (χ4v) is 4.44. The summed E-state index contributed by atoms with van der Waals surface area (Å²) in [6.07, 6.45) is 1.81. The summed E-state index contributed by atoms with van der Waals surface area (Å²) in [6, 6.07) is 12.5. The number of ether oxygens (including phenoxy) is 1. The maximum Gasteiger partial charge on any atom is 0.254 e. The Labute approximate surface area is 223 Å². The molecule has 38 heavy (non-hydrogen) atoms. The van der Waals surface area contributed by atoms with E-state index in [-0.39, 0.29) is 11.7 Å². The number of nitrogens with one attached hydrogen (secondary N) is 1. The van der Waals surface area contributed by atoms with Crippen molar-refractivity contribution >= 4 is 22.5 Å². The van der Waals surface area contributed by atoms with E-state index in [1.165, 1.54) is 0 Å². The van der Waals surface area contributed by atoms with Crippen LogP contribution >= 0.6 is 0 Å². The molecule has 0 unspecified atom stereocenters. The van der Waals surface area contributed by atoms with E-state index in [4.69, 9.17) is 9.72 Å². The summed E-state index contributed by atoms with van der Waals surface area (Å²) in [6.45, 7) is 6.91. The zero-order valence-electron chi connectivity index (χ0n) is 22.9. The van der Waals surface area contributed by atoms with Gasteiger partial charge in [-0.15, -0.1) is 0 Å². The molecule has 9 heteroatoms. The smallest absolute Gasteiger partial charge is 0.254 e. The van der Waals surface area contributed by atoms with E-state index in [2.05, 4.69) is 15.3 Å². The van der Waals surface area contributed by atoms with Crippen LogP contribution in [0.4, 0.5) is 5.69 Å². The third kappa shape index (κ3) is 5.73. The average Bonchev–Trinajstić information content (AvgIpc) is 3.26. The van der Waals surface area contributed by atoms with Gasteiger partial charge in [0.15, 0.2) is 0 Å². The number of hydrogen-bond acceptors (Lipinski definition) is 7. The molecule has 2 aromatic carbocycles. The lowest BCUT2D eigenvalue weighted by Gasteiger charge is -2.19. The number of nitrogens with zero attached hydrogens (tertiary/aromatic N) is 5. The van der Waals surface area contributed by atoms with Gasteiger partial charge in [-0.2, -0.15) is 5.10 Å². The van der Waals surface area contributed by atoms with E-state index in [1.54, 1.807) is 43.3 Å². The van der Waals surface area contributed by atoms with Gasteiger partial charge in [0.25, 0.3) is 5.91 Å². The van der Waals surface area contributed by atoms with Gasteiger partial charge in [0.1, 0.15) is 11.5 Å². The lowest BCUT2D eigenvalue weighted by molar-refractivity contribution is 0.0787. The SMILES string of the molecule is CCn1ncc(CN(C)C(=O)c2cc(-c3ccc(NCCN(C)C)c(OC)c3)nc3ccc(O)cc23)c1C. The molecule has 2 N–H and O–H groups in total. The molecule has 1 amide bonds. The number of pyridine rings is 1. The van der Waals surface area contributed by atoms with Gasteiger partial charge in [-0.25, -0.2) is 4.98 Å². The van der Waals surface area contributed by atoms with Gasteiger partial charge < -0.3 is 25.0 Å². The number of aromatic nitrogens is 3. The Morgan fingerprint density at radius 3 is 2.61 bits per heavy atom. The molecule has 0 spiro atoms. The van der Waals surface area contributed by atoms with Crippen molar-refractivity contribution in [2.24, 2.45) is 0 Å². The van der Waals surface area contributed by atoms with Gasteiger partial charge >= 0.3 is 0 Å². The predicted octanol–water partition coefficient (Wildman–Crippen LogP) is 4.39. The number of aromatic hydroxyl groups is 1. The number of fused-ring (bicyclic) bond motifs is 1. The average molecular weight is 517 g/mol. The molecular weight excluding hydrogens is 480 g/mol. The van der Waals surface area contributed by atoms with E-state index in [9.17, 15) is 9.90 Å². The van der Waals surface area contributed by atoms with Gasteiger partial charge in [0.05, 0.1) is 35.8 Å². The zero-order chi connectivity index (χ0) is 27.4. The van der Waals surface area contributed by atoms with Crippen molar-refractivity contribution < 1.29 is 14.6 Å². The van der Waals surface area contributed by atoms with Crippen LogP contribution in [-0.4, -0.2) is 76.9 Å². The molecule has 0 radical (unpaired) electrons. The van der Waals surface area contributed by atoms with Gasteiger partial charge in [-0.1, -0.05) is 6.07 Å². The van der Waals surface area contributed by atoms with E-state index < -0.39 is 0 Å². The number of phenols is 1. The number of benzene rings is 2. The predicted molar refractivity (Wildman–Crippen MR) is 151 cm³/mol. The second-order valence-corrected chi connectivity index (χ2v) is 9.63. The van der Waals surface area contributed by atoms with E-state index in [0.717, 1.165) is 42.1 Å². The lowest BCUT2D eigenvalue weighted by atomic mass is 10.0. The fraction of sp³-hybridized carbons (Fsp3) is 0.345. The lowest BCUT2D eigenvalue weighted by Crippen LogP contribution is -2.26. The summed E-state index contributed by atoms with van der Waals surface area (Å²) >= 11 is 0. The van der Waals surface area contributed by atoms with Crippen molar-refractivity contribution in [1.82, 2.24) is 24.6 Å². The van der Waals surface area contributed by atoms with Crippen LogP contribution in [0.25, 0.3) is 22.2 Å². The molecule has 4 aromatic rings. The highest BCUT2D eigenvalue weighted by Crippen LogP contribution is 2.33. The Bertz CT molecular complexity index is 1450. The van der Waals surface area contributed by atoms with Crippen molar-refractivity contribution in [2.75, 3.05) is 46.7 Å². The summed E-state index contributed by atoms with van der Waals surface area (Å²) in [5.41, 5.74) is 5.49. The van der Waals surface area contributed by atoms with Gasteiger partial charge in [-0.05, 0) is 64.3 Å². The summed E-state index contributed by atoms with van der Waals surface area (Å²) in [7, 11) is 7.47. The first-order valence-electron chi connectivity index (χ1n) is 12.7. The molecule has 9 nitrogen and oxygen atoms in total. The molecule has 200 valence electrons. The molecule has 0 aliphatic rings. The maximum atomic E-state index is 13.7. The maximum absolute atomic E-state index is 13.7. The second kappa shape index (κ2) is 11.5. The first kappa shape index (κ1) is 26.9. The van der Waals surface area contributed by atoms with Gasteiger partial charge in [0.2, 0.25) is 0 Å². The normalized spacial score (nSPS) is 11.2. The molecule has 0 aliphatic carbocycles. The van der Waals surface area contributed by atoms with Crippen LogP contribution in [0.2, 0.25) is 0 Å². The van der Waals surface area contributed by atoms with Crippen molar-refractivity contribution in [3.63, 3.8) is 0 Å². The third-order valence-corrected chi connectivity index (χ3v) is 6.65. The number of methoxy groups -OCH3 is 1. The molecule has 0 fully saturated rings. The molecular formula is C29H36N6O3. The van der Waals surface area contributed by atoms with Crippen LogP contribution in [0.3, 0.4) is 0 Å². The highest BCUT2D eigenvalue weighted by Gasteiger charge is 2.20. The van der Waals surface area contributed by atoms with Crippen LogP contribution in [0, 0.1) is 6.92 Å². The minimum absolute atomic E-state index is 0.0821. The minimum atomic E-state index is -0.165. The van der Waals surface area contributed by atoms with E-state index >= 15 is 0 Å². The first-order chi connectivity index (χ1) is 18.2. The topological polar surface area (TPSA) is 95.8 Å². The zero-order valence-corrected chi connectivity index (χ0v) is 22.9. The molecule has 0 saturated heterocycles. The van der Waals surface area contributed by atoms with Gasteiger partial charge in [0, 0.05) is 55.4 Å². The summed E-state index contributed by atoms with van der Waals surface area (Å²) < 4.78 is 7.57. The Balaban J connectivity index is 1.71. The number of carbonyl (C=O) groups is 1. The standard InChI is InChI=1S/C29H36N6O3/c1-7-35-19(2)21(17-31-35)18-34(5)29(37)24-16-27(32-25-11-9-22(36)15-23(24)25)20-8-10-26(28(14-20)38-6)30-12-13-33(3)4/h8-11,14-17,30,36H,7,12-13,18H2,1-6H3. The Kier molecular flexibility index (Phi) is 8.16. The van der Waals surface area contributed by atoms with Crippen molar-refractivity contribution in [1.29, 1.82) is 0 Å². The van der Waals surface area contributed by atoms with E-state index in [1.807, 2.05) is 57.0 Å². The summed E-state index contributed by atoms with van der Waals surface area (Å²) in [4.78, 5) is 22.3. The highest BCUT2D eigenvalue weighted by atomic mass is 16.5. The monoisotopic (exact) mass is 516 g/mol. The number of carbonyl (C=O) groups excluding carboxylic acids is 1. The van der Waals surface area contributed by atoms with E-state index in [0.29, 0.717) is 34.5 Å². The van der Waals surface area contributed by atoms with Crippen molar-refractivity contribution in [3.05, 3.63) is 65.5 Å². The van der Waals surface area contributed by atoms with Gasteiger partial charge in [-0.3, -0.25) is 9.48 Å². The fourth-order valence-electron chi connectivity index (χ4n) is 4.44. The van der Waals surface area contributed by atoms with Crippen LogP contribution in [0.15, 0.2) is 48.7 Å². The third-order valence-electron chi connectivity index (χ3n) is 6.65. The Morgan fingerprint density at radius 2 is 1.92 bits per heavy atom. The number of aryl methyl sites for hydroxylation is 1. The van der Waals surface area contributed by atoms with Crippen molar-refractivity contribution in [3.8, 4) is 22.8 Å². The van der Waals surface area contributed by atoms with Crippen LogP contribution in [0.5, 0.6) is 11.5 Å². The van der Waals surface area contributed by atoms with Crippen LogP contribution in [0.1, 0.15) is 28.5 Å². The number of phenolic OH excluding ortho intramolecular Hbond substituents is 1. The molecule has 4 rings (SSSR count). The molecule has 0 bridgehead atoms. The van der Waals surface area contributed by atoms with Crippen LogP contribution < -0.4 is 10.1 Å². The molecule has 2 aromatic heterocycles. The molecule has 0 aliphatic heterocycles. The second-order valence-electron chi connectivity index (χ2n) is 9.63. The first-order valence-corrected chi connectivity index (χ1v) is 12.7. The van der Waals surface area contributed by atoms with Crippen molar-refractivity contribution in [2.45, 2.75) is 26.9 Å². The molecule has 2 heterocycles. The quantitative estimate of drug-likeness (QED) is 0.323. The number of likely N-dealkylation sites (N-methyl/N-ethyl adjacent to an activating group) is 1. The largest absolute Gasteiger partial charge is 0.508 e. The number of anilines is 1.